The minimum atomic E-state index is -3.03. The van der Waals surface area contributed by atoms with Crippen LogP contribution in [0.25, 0.3) is 0 Å². The lowest BCUT2D eigenvalue weighted by atomic mass is 10.4. The molecule has 0 amide bonds. The molecule has 0 spiro atoms. The molecule has 0 unspecified atom stereocenters. The van der Waals surface area contributed by atoms with Crippen molar-refractivity contribution in [1.29, 1.82) is 0 Å². The summed E-state index contributed by atoms with van der Waals surface area (Å²) in [6.45, 7) is 2.12. The Morgan fingerprint density at radius 2 is 2.18 bits per heavy atom. The van der Waals surface area contributed by atoms with E-state index in [-0.39, 0.29) is 11.3 Å². The quantitative estimate of drug-likeness (QED) is 0.604. The maximum Gasteiger partial charge on any atom is 0.214 e. The van der Waals surface area contributed by atoms with Crippen LogP contribution in [-0.2, 0) is 10.0 Å². The molecule has 0 heterocycles. The van der Waals surface area contributed by atoms with Crippen LogP contribution < -0.4 is 10.5 Å². The molecule has 1 fully saturated rings. The second-order valence-corrected chi connectivity index (χ2v) is 4.99. The van der Waals surface area contributed by atoms with Gasteiger partial charge >= 0.3 is 0 Å². The van der Waals surface area contributed by atoms with Crippen LogP contribution in [0, 0.1) is 0 Å². The fourth-order valence-corrected chi connectivity index (χ4v) is 2.41. The first-order chi connectivity index (χ1) is 5.06. The van der Waals surface area contributed by atoms with Gasteiger partial charge in [-0.2, -0.15) is 0 Å². The third-order valence-electron chi connectivity index (χ3n) is 1.68. The van der Waals surface area contributed by atoms with Crippen LogP contribution >= 0.6 is 0 Å². The predicted molar refractivity (Wildman–Crippen MR) is 43.6 cm³/mol. The van der Waals surface area contributed by atoms with Crippen molar-refractivity contribution in [1.82, 2.24) is 4.72 Å². The summed E-state index contributed by atoms with van der Waals surface area (Å²) in [6.07, 6.45) is 1.60. The molecule has 1 saturated carbocycles. The maximum absolute atomic E-state index is 11.2. The molecule has 0 radical (unpaired) electrons. The second kappa shape index (κ2) is 3.08. The zero-order valence-corrected chi connectivity index (χ0v) is 7.39. The summed E-state index contributed by atoms with van der Waals surface area (Å²) in [5.74, 6) is 0. The molecule has 0 aromatic heterocycles. The van der Waals surface area contributed by atoms with Crippen LogP contribution in [-0.4, -0.2) is 26.3 Å². The Balaban J connectivity index is 2.46. The van der Waals surface area contributed by atoms with Crippen molar-refractivity contribution in [2.24, 2.45) is 5.73 Å². The molecular weight excluding hydrogens is 164 g/mol. The van der Waals surface area contributed by atoms with E-state index in [1.807, 2.05) is 0 Å². The summed E-state index contributed by atoms with van der Waals surface area (Å²) in [6, 6.07) is -0.138. The average molecular weight is 178 g/mol. The molecule has 1 rings (SSSR count). The third-order valence-corrected chi connectivity index (χ3v) is 3.76. The van der Waals surface area contributed by atoms with Crippen molar-refractivity contribution in [3.05, 3.63) is 0 Å². The van der Waals surface area contributed by atoms with Crippen molar-refractivity contribution in [2.45, 2.75) is 31.1 Å². The third kappa shape index (κ3) is 2.43. The molecule has 11 heavy (non-hydrogen) atoms. The number of rotatable bonds is 4. The van der Waals surface area contributed by atoms with Crippen LogP contribution in [0.3, 0.4) is 0 Å². The van der Waals surface area contributed by atoms with Crippen LogP contribution in [0.2, 0.25) is 0 Å². The molecular formula is C6H14N2O2S. The molecule has 0 bridgehead atoms. The molecule has 1 atom stereocenters. The van der Waals surface area contributed by atoms with Gasteiger partial charge < -0.3 is 5.73 Å². The molecule has 0 aromatic rings. The van der Waals surface area contributed by atoms with Gasteiger partial charge in [0.25, 0.3) is 0 Å². The zero-order chi connectivity index (χ0) is 8.48. The summed E-state index contributed by atoms with van der Waals surface area (Å²) < 4.78 is 24.9. The SMILES string of the molecule is C[C@H](CN)NS(=O)(=O)C1CC1. The number of sulfonamides is 1. The molecule has 0 aliphatic heterocycles. The lowest BCUT2D eigenvalue weighted by Gasteiger charge is -2.10. The van der Waals surface area contributed by atoms with E-state index < -0.39 is 10.0 Å². The van der Waals surface area contributed by atoms with E-state index >= 15 is 0 Å². The lowest BCUT2D eigenvalue weighted by Crippen LogP contribution is -2.39. The van der Waals surface area contributed by atoms with E-state index in [0.29, 0.717) is 6.54 Å². The van der Waals surface area contributed by atoms with E-state index in [4.69, 9.17) is 5.73 Å². The second-order valence-electron chi connectivity index (χ2n) is 3.00. The Morgan fingerprint density at radius 1 is 1.64 bits per heavy atom. The fraction of sp³-hybridized carbons (Fsp3) is 1.00. The summed E-state index contributed by atoms with van der Waals surface area (Å²) in [5, 5.41) is -0.142. The first-order valence-corrected chi connectivity index (χ1v) is 5.32. The van der Waals surface area contributed by atoms with Gasteiger partial charge in [0.2, 0.25) is 10.0 Å². The highest BCUT2D eigenvalue weighted by molar-refractivity contribution is 7.90. The minimum Gasteiger partial charge on any atom is -0.329 e. The van der Waals surface area contributed by atoms with Gasteiger partial charge in [0, 0.05) is 12.6 Å². The Hall–Kier alpha value is -0.130. The molecule has 0 aromatic carbocycles. The highest BCUT2D eigenvalue weighted by atomic mass is 32.2. The van der Waals surface area contributed by atoms with Crippen molar-refractivity contribution in [2.75, 3.05) is 6.54 Å². The molecule has 0 saturated heterocycles. The Labute approximate surface area is 67.2 Å². The van der Waals surface area contributed by atoms with Crippen LogP contribution in [0.15, 0.2) is 0 Å². The fourth-order valence-electron chi connectivity index (χ4n) is 0.803. The maximum atomic E-state index is 11.2. The molecule has 1 aliphatic rings. The highest BCUT2D eigenvalue weighted by Crippen LogP contribution is 2.27. The molecule has 3 N–H and O–H groups in total. The van der Waals surface area contributed by atoms with Crippen molar-refractivity contribution in [3.8, 4) is 0 Å². The normalized spacial score (nSPS) is 21.6. The van der Waals surface area contributed by atoms with E-state index in [1.165, 1.54) is 0 Å². The summed E-state index contributed by atoms with van der Waals surface area (Å²) in [7, 11) is -3.03. The average Bonchev–Trinajstić information content (AvgIpc) is 2.66. The Morgan fingerprint density at radius 3 is 2.55 bits per heavy atom. The van der Waals surface area contributed by atoms with E-state index in [2.05, 4.69) is 4.72 Å². The summed E-state index contributed by atoms with van der Waals surface area (Å²) in [4.78, 5) is 0. The largest absolute Gasteiger partial charge is 0.329 e. The van der Waals surface area contributed by atoms with E-state index in [1.54, 1.807) is 6.92 Å². The van der Waals surface area contributed by atoms with Crippen LogP contribution in [0.5, 0.6) is 0 Å². The lowest BCUT2D eigenvalue weighted by molar-refractivity contribution is 0.561. The first-order valence-electron chi connectivity index (χ1n) is 3.77. The van der Waals surface area contributed by atoms with Crippen molar-refractivity contribution >= 4 is 10.0 Å². The Kier molecular flexibility index (Phi) is 2.51. The standard InChI is InChI=1S/C6H14N2O2S/c1-5(4-7)8-11(9,10)6-2-3-6/h5-6,8H,2-4,7H2,1H3/t5-/m1/s1. The predicted octanol–water partition coefficient (Wildman–Crippen LogP) is -0.585. The molecule has 66 valence electrons. The van der Waals surface area contributed by atoms with Gasteiger partial charge in [-0.3, -0.25) is 0 Å². The molecule has 1 aliphatic carbocycles. The van der Waals surface area contributed by atoms with Gasteiger partial charge in [-0.15, -0.1) is 0 Å². The first kappa shape index (κ1) is 8.96. The van der Waals surface area contributed by atoms with Gasteiger partial charge in [-0.1, -0.05) is 0 Å². The van der Waals surface area contributed by atoms with Gasteiger partial charge in [-0.25, -0.2) is 13.1 Å². The van der Waals surface area contributed by atoms with Crippen molar-refractivity contribution in [3.63, 3.8) is 0 Å². The van der Waals surface area contributed by atoms with Gasteiger partial charge in [0.1, 0.15) is 0 Å². The Bertz CT molecular complexity index is 221. The van der Waals surface area contributed by atoms with Gasteiger partial charge in [0.05, 0.1) is 5.25 Å². The van der Waals surface area contributed by atoms with Gasteiger partial charge in [-0.05, 0) is 19.8 Å². The van der Waals surface area contributed by atoms with E-state index in [0.717, 1.165) is 12.8 Å². The summed E-state index contributed by atoms with van der Waals surface area (Å²) >= 11 is 0. The van der Waals surface area contributed by atoms with Gasteiger partial charge in [0.15, 0.2) is 0 Å². The topological polar surface area (TPSA) is 72.2 Å². The zero-order valence-electron chi connectivity index (χ0n) is 6.58. The van der Waals surface area contributed by atoms with E-state index in [9.17, 15) is 8.42 Å². The molecule has 5 heteroatoms. The highest BCUT2D eigenvalue weighted by Gasteiger charge is 2.35. The number of hydrogen-bond donors (Lipinski definition) is 2. The minimum absolute atomic E-state index is 0.138. The monoisotopic (exact) mass is 178 g/mol. The number of nitrogens with one attached hydrogen (secondary N) is 1. The van der Waals surface area contributed by atoms with Crippen LogP contribution in [0.1, 0.15) is 19.8 Å². The smallest absolute Gasteiger partial charge is 0.214 e. The van der Waals surface area contributed by atoms with Crippen molar-refractivity contribution < 1.29 is 8.42 Å². The van der Waals surface area contributed by atoms with Crippen LogP contribution in [0.4, 0.5) is 0 Å². The number of hydrogen-bond acceptors (Lipinski definition) is 3. The number of nitrogens with two attached hydrogens (primary N) is 1. The molecule has 4 nitrogen and oxygen atoms in total. The summed E-state index contributed by atoms with van der Waals surface area (Å²) in [5.41, 5.74) is 5.27.